The molecule has 0 unspecified atom stereocenters. The lowest BCUT2D eigenvalue weighted by Crippen LogP contribution is -2.16. The molecule has 1 aliphatic carbocycles. The zero-order chi connectivity index (χ0) is 22.2. The lowest BCUT2D eigenvalue weighted by molar-refractivity contribution is 0.523. The van der Waals surface area contributed by atoms with Crippen molar-refractivity contribution in [1.29, 1.82) is 0 Å². The molecule has 2 aromatic carbocycles. The fraction of sp³-hybridized carbons (Fsp3) is 0.192. The summed E-state index contributed by atoms with van der Waals surface area (Å²) in [7, 11) is 1.96. The number of rotatable bonds is 6. The number of imidazole rings is 1. The Morgan fingerprint density at radius 1 is 0.970 bits per heavy atom. The van der Waals surface area contributed by atoms with Gasteiger partial charge in [-0.2, -0.15) is 0 Å². The average Bonchev–Trinajstić information content (AvgIpc) is 3.42. The van der Waals surface area contributed by atoms with Gasteiger partial charge >= 0.3 is 0 Å². The van der Waals surface area contributed by atoms with E-state index >= 15 is 0 Å². The molecule has 0 bridgehead atoms. The molecule has 7 heteroatoms. The van der Waals surface area contributed by atoms with Crippen LogP contribution < -0.4 is 4.72 Å². The van der Waals surface area contributed by atoms with Crippen LogP contribution in [0.4, 0.5) is 5.82 Å². The predicted molar refractivity (Wildman–Crippen MR) is 135 cm³/mol. The summed E-state index contributed by atoms with van der Waals surface area (Å²) in [5, 5.41) is 5.53. The zero-order valence-electron chi connectivity index (χ0n) is 18.3. The van der Waals surface area contributed by atoms with Crippen LogP contribution in [0, 0.1) is 0 Å². The number of hydrogen-bond acceptors (Lipinski definition) is 5. The lowest BCUT2D eigenvalue weighted by atomic mass is 9.98. The number of nitrogens with zero attached hydrogens (tertiary/aromatic N) is 5. The van der Waals surface area contributed by atoms with E-state index in [1.807, 2.05) is 34.5 Å². The first-order chi connectivity index (χ1) is 16.3. The highest BCUT2D eigenvalue weighted by Crippen LogP contribution is 2.41. The van der Waals surface area contributed by atoms with Crippen molar-refractivity contribution >= 4 is 23.3 Å². The van der Waals surface area contributed by atoms with E-state index in [0.717, 1.165) is 39.4 Å². The first-order valence-corrected chi connectivity index (χ1v) is 12.1. The SMILES string of the molecule is Cn1ccnc1-c1nc(NSC2CCC2)c2c(-c3ccccc3)c(-c3ccccc3)cn2n1. The Bertz CT molecular complexity index is 1400. The van der Waals surface area contributed by atoms with Crippen LogP contribution in [-0.4, -0.2) is 29.4 Å². The molecule has 0 spiro atoms. The molecular weight excluding hydrogens is 428 g/mol. The molecule has 0 radical (unpaired) electrons. The van der Waals surface area contributed by atoms with E-state index in [1.54, 1.807) is 18.1 Å². The second kappa shape index (κ2) is 8.41. The number of aromatic nitrogens is 5. The summed E-state index contributed by atoms with van der Waals surface area (Å²) in [6.07, 6.45) is 9.59. The van der Waals surface area contributed by atoms with Crippen LogP contribution in [-0.2, 0) is 7.05 Å². The summed E-state index contributed by atoms with van der Waals surface area (Å²) in [6, 6.07) is 21.0. The van der Waals surface area contributed by atoms with Gasteiger partial charge in [-0.05, 0) is 35.9 Å². The van der Waals surface area contributed by atoms with Gasteiger partial charge in [-0.3, -0.25) is 0 Å². The van der Waals surface area contributed by atoms with Crippen molar-refractivity contribution in [2.75, 3.05) is 4.72 Å². The summed E-state index contributed by atoms with van der Waals surface area (Å²) in [6.45, 7) is 0. The third-order valence-electron chi connectivity index (χ3n) is 6.17. The van der Waals surface area contributed by atoms with Gasteiger partial charge in [0, 0.05) is 42.0 Å². The average molecular weight is 453 g/mol. The van der Waals surface area contributed by atoms with Crippen molar-refractivity contribution in [3.05, 3.63) is 79.3 Å². The second-order valence-electron chi connectivity index (χ2n) is 8.36. The fourth-order valence-electron chi connectivity index (χ4n) is 4.19. The molecule has 6 rings (SSSR count). The van der Waals surface area contributed by atoms with Gasteiger partial charge in [0.25, 0.3) is 0 Å². The number of nitrogens with one attached hydrogen (secondary N) is 1. The highest BCUT2D eigenvalue weighted by atomic mass is 32.2. The quantitative estimate of drug-likeness (QED) is 0.317. The van der Waals surface area contributed by atoms with E-state index in [-0.39, 0.29) is 0 Å². The van der Waals surface area contributed by atoms with E-state index in [0.29, 0.717) is 11.1 Å². The van der Waals surface area contributed by atoms with Gasteiger partial charge in [-0.1, -0.05) is 67.1 Å². The number of benzene rings is 2. The van der Waals surface area contributed by atoms with Crippen molar-refractivity contribution < 1.29 is 0 Å². The van der Waals surface area contributed by atoms with Crippen LogP contribution in [0.3, 0.4) is 0 Å². The summed E-state index contributed by atoms with van der Waals surface area (Å²) in [4.78, 5) is 9.47. The summed E-state index contributed by atoms with van der Waals surface area (Å²) in [5.41, 5.74) is 5.53. The van der Waals surface area contributed by atoms with Gasteiger partial charge in [0.05, 0.1) is 0 Å². The van der Waals surface area contributed by atoms with Crippen LogP contribution in [0.2, 0.25) is 0 Å². The summed E-state index contributed by atoms with van der Waals surface area (Å²) < 4.78 is 7.51. The van der Waals surface area contributed by atoms with Crippen molar-refractivity contribution in [3.63, 3.8) is 0 Å². The summed E-state index contributed by atoms with van der Waals surface area (Å²) >= 11 is 1.77. The summed E-state index contributed by atoms with van der Waals surface area (Å²) in [5.74, 6) is 2.16. The highest BCUT2D eigenvalue weighted by molar-refractivity contribution is 8.01. The topological polar surface area (TPSA) is 60.0 Å². The minimum Gasteiger partial charge on any atom is -0.331 e. The molecule has 1 fully saturated rings. The third-order valence-corrected chi connectivity index (χ3v) is 7.29. The second-order valence-corrected chi connectivity index (χ2v) is 9.47. The maximum absolute atomic E-state index is 4.98. The van der Waals surface area contributed by atoms with Gasteiger partial charge in [-0.15, -0.1) is 5.10 Å². The van der Waals surface area contributed by atoms with Crippen molar-refractivity contribution in [2.24, 2.45) is 7.05 Å². The normalized spacial score (nSPS) is 13.8. The lowest BCUT2D eigenvalue weighted by Gasteiger charge is -2.24. The Labute approximate surface area is 196 Å². The van der Waals surface area contributed by atoms with E-state index in [1.165, 1.54) is 19.3 Å². The Hall–Kier alpha value is -3.58. The fourth-order valence-corrected chi connectivity index (χ4v) is 5.18. The first-order valence-electron chi connectivity index (χ1n) is 11.2. The Morgan fingerprint density at radius 2 is 1.70 bits per heavy atom. The maximum atomic E-state index is 4.98. The maximum Gasteiger partial charge on any atom is 0.218 e. The molecule has 1 saturated carbocycles. The molecule has 33 heavy (non-hydrogen) atoms. The standard InChI is InChI=1S/C26H24N6S/c1-31-16-15-27-26(31)25-28-24(30-33-20-13-8-14-20)23-22(19-11-6-3-7-12-19)21(17-32(23)29-25)18-9-4-2-5-10-18/h2-7,9-12,15-17,20H,8,13-14H2,1H3,(H,28,29,30). The molecule has 0 atom stereocenters. The van der Waals surface area contributed by atoms with Gasteiger partial charge in [0.2, 0.25) is 5.82 Å². The Kier molecular flexibility index (Phi) is 5.11. The minimum absolute atomic E-state index is 0.598. The molecule has 5 aromatic rings. The number of fused-ring (bicyclic) bond motifs is 1. The molecule has 1 aliphatic rings. The van der Waals surface area contributed by atoms with E-state index in [2.05, 4.69) is 64.4 Å². The molecular formula is C26H24N6S. The molecule has 164 valence electrons. The molecule has 0 aliphatic heterocycles. The highest BCUT2D eigenvalue weighted by Gasteiger charge is 2.24. The Morgan fingerprint density at radius 3 is 2.33 bits per heavy atom. The van der Waals surface area contributed by atoms with Crippen LogP contribution >= 0.6 is 11.9 Å². The minimum atomic E-state index is 0.598. The molecule has 6 nitrogen and oxygen atoms in total. The number of anilines is 1. The van der Waals surface area contributed by atoms with Gasteiger partial charge in [-0.25, -0.2) is 14.5 Å². The Balaban J connectivity index is 1.61. The third kappa shape index (κ3) is 3.68. The largest absolute Gasteiger partial charge is 0.331 e. The van der Waals surface area contributed by atoms with Crippen LogP contribution in [0.25, 0.3) is 39.4 Å². The van der Waals surface area contributed by atoms with E-state index in [4.69, 9.17) is 10.1 Å². The van der Waals surface area contributed by atoms with Crippen molar-refractivity contribution in [1.82, 2.24) is 24.1 Å². The smallest absolute Gasteiger partial charge is 0.218 e. The zero-order valence-corrected chi connectivity index (χ0v) is 19.2. The number of hydrogen-bond donors (Lipinski definition) is 1. The van der Waals surface area contributed by atoms with E-state index in [9.17, 15) is 0 Å². The van der Waals surface area contributed by atoms with Crippen molar-refractivity contribution in [2.45, 2.75) is 24.5 Å². The van der Waals surface area contributed by atoms with Gasteiger partial charge in [0.1, 0.15) is 5.52 Å². The first kappa shape index (κ1) is 20.1. The predicted octanol–water partition coefficient (Wildman–Crippen LogP) is 6.08. The van der Waals surface area contributed by atoms with Gasteiger partial charge < -0.3 is 9.29 Å². The molecule has 1 N–H and O–H groups in total. The van der Waals surface area contributed by atoms with Crippen LogP contribution in [0.1, 0.15) is 19.3 Å². The molecule has 3 heterocycles. The van der Waals surface area contributed by atoms with Crippen LogP contribution in [0.5, 0.6) is 0 Å². The van der Waals surface area contributed by atoms with E-state index < -0.39 is 0 Å². The monoisotopic (exact) mass is 452 g/mol. The van der Waals surface area contributed by atoms with Crippen molar-refractivity contribution in [3.8, 4) is 33.9 Å². The molecule has 0 saturated heterocycles. The molecule has 3 aromatic heterocycles. The van der Waals surface area contributed by atoms with Crippen LogP contribution in [0.15, 0.2) is 79.3 Å². The number of aryl methyl sites for hydroxylation is 1. The van der Waals surface area contributed by atoms with Gasteiger partial charge in [0.15, 0.2) is 11.6 Å². The molecule has 0 amide bonds.